The Bertz CT molecular complexity index is 177. The minimum atomic E-state index is 0.458. The summed E-state index contributed by atoms with van der Waals surface area (Å²) in [5.74, 6) is 0.458. The Kier molecular flexibility index (Phi) is 4.59. The lowest BCUT2D eigenvalue weighted by molar-refractivity contribution is -0.121. The van der Waals surface area contributed by atoms with Gasteiger partial charge in [-0.05, 0) is 32.7 Å². The van der Waals surface area contributed by atoms with Crippen LogP contribution in [-0.4, -0.2) is 29.8 Å². The van der Waals surface area contributed by atoms with E-state index in [1.54, 1.807) is 0 Å². The second kappa shape index (κ2) is 5.50. The summed E-state index contributed by atoms with van der Waals surface area (Å²) in [6.07, 6.45) is 6.19. The van der Waals surface area contributed by atoms with E-state index in [2.05, 4.69) is 25.8 Å². The molecule has 1 rings (SSSR count). The quantitative estimate of drug-likeness (QED) is 0.690. The van der Waals surface area contributed by atoms with E-state index in [1.807, 2.05) is 0 Å². The first-order valence-electron chi connectivity index (χ1n) is 5.92. The Morgan fingerprint density at radius 3 is 2.21 bits per heavy atom. The summed E-state index contributed by atoms with van der Waals surface area (Å²) in [6, 6.07) is 1.35. The van der Waals surface area contributed by atoms with Crippen molar-refractivity contribution in [2.24, 2.45) is 0 Å². The number of ketones is 1. The van der Waals surface area contributed by atoms with Gasteiger partial charge < -0.3 is 4.90 Å². The number of hydrogen-bond donors (Lipinski definition) is 0. The van der Waals surface area contributed by atoms with E-state index in [1.165, 1.54) is 12.8 Å². The van der Waals surface area contributed by atoms with Crippen LogP contribution in [0.2, 0.25) is 0 Å². The van der Waals surface area contributed by atoms with E-state index in [-0.39, 0.29) is 0 Å². The van der Waals surface area contributed by atoms with Crippen molar-refractivity contribution in [1.29, 1.82) is 0 Å². The zero-order chi connectivity index (χ0) is 10.6. The van der Waals surface area contributed by atoms with Crippen LogP contribution in [0.15, 0.2) is 0 Å². The molecule has 1 aliphatic carbocycles. The van der Waals surface area contributed by atoms with Crippen LogP contribution in [0.4, 0.5) is 0 Å². The third-order valence-corrected chi connectivity index (χ3v) is 3.61. The second-order valence-electron chi connectivity index (χ2n) is 4.41. The van der Waals surface area contributed by atoms with Crippen LogP contribution in [0, 0.1) is 0 Å². The largest absolute Gasteiger partial charge is 0.300 e. The highest BCUT2D eigenvalue weighted by Crippen LogP contribution is 2.22. The van der Waals surface area contributed by atoms with Gasteiger partial charge in [0, 0.05) is 24.9 Å². The molecule has 1 fully saturated rings. The lowest BCUT2D eigenvalue weighted by Crippen LogP contribution is -2.41. The first-order valence-corrected chi connectivity index (χ1v) is 5.92. The van der Waals surface area contributed by atoms with Gasteiger partial charge in [-0.1, -0.05) is 13.8 Å². The van der Waals surface area contributed by atoms with Crippen LogP contribution in [-0.2, 0) is 4.79 Å². The molecule has 0 spiro atoms. The molecule has 0 aliphatic heterocycles. The molecule has 0 N–H and O–H groups in total. The van der Waals surface area contributed by atoms with Gasteiger partial charge in [0.05, 0.1) is 0 Å². The predicted molar refractivity (Wildman–Crippen MR) is 59.4 cm³/mol. The van der Waals surface area contributed by atoms with Gasteiger partial charge in [0.25, 0.3) is 0 Å². The molecule has 14 heavy (non-hydrogen) atoms. The van der Waals surface area contributed by atoms with Gasteiger partial charge in [-0.2, -0.15) is 0 Å². The van der Waals surface area contributed by atoms with E-state index in [0.29, 0.717) is 17.9 Å². The van der Waals surface area contributed by atoms with Gasteiger partial charge in [-0.25, -0.2) is 0 Å². The number of hydrogen-bond acceptors (Lipinski definition) is 2. The van der Waals surface area contributed by atoms with E-state index in [9.17, 15) is 4.79 Å². The molecule has 1 aliphatic rings. The van der Waals surface area contributed by atoms with Gasteiger partial charge in [0.1, 0.15) is 5.78 Å². The summed E-state index contributed by atoms with van der Waals surface area (Å²) >= 11 is 0. The molecule has 0 aromatic heterocycles. The molecule has 2 heteroatoms. The highest BCUT2D eigenvalue weighted by Gasteiger charge is 2.25. The van der Waals surface area contributed by atoms with Gasteiger partial charge in [0.15, 0.2) is 0 Å². The fraction of sp³-hybridized carbons (Fsp3) is 0.917. The van der Waals surface area contributed by atoms with E-state index in [0.717, 1.165) is 25.7 Å². The lowest BCUT2D eigenvalue weighted by atomic mass is 9.92. The maximum absolute atomic E-state index is 11.1. The third kappa shape index (κ3) is 2.81. The molecule has 0 unspecified atom stereocenters. The summed E-state index contributed by atoms with van der Waals surface area (Å²) < 4.78 is 0. The van der Waals surface area contributed by atoms with Crippen molar-refractivity contribution in [2.75, 3.05) is 7.05 Å². The molecule has 1 saturated carbocycles. The van der Waals surface area contributed by atoms with Crippen molar-refractivity contribution in [3.63, 3.8) is 0 Å². The van der Waals surface area contributed by atoms with Crippen LogP contribution in [0.25, 0.3) is 0 Å². The maximum Gasteiger partial charge on any atom is 0.133 e. The van der Waals surface area contributed by atoms with Crippen molar-refractivity contribution in [2.45, 2.75) is 64.5 Å². The van der Waals surface area contributed by atoms with Crippen LogP contribution in [0.3, 0.4) is 0 Å². The first kappa shape index (κ1) is 11.7. The van der Waals surface area contributed by atoms with Gasteiger partial charge >= 0.3 is 0 Å². The number of carbonyl (C=O) groups excluding carboxylic acids is 1. The zero-order valence-electron chi connectivity index (χ0n) is 9.75. The fourth-order valence-corrected chi connectivity index (χ4v) is 2.49. The van der Waals surface area contributed by atoms with E-state index < -0.39 is 0 Å². The SMILES string of the molecule is CCC(CC)N(C)C1CCC(=O)CC1. The van der Waals surface area contributed by atoms with Crippen LogP contribution >= 0.6 is 0 Å². The minimum Gasteiger partial charge on any atom is -0.300 e. The Morgan fingerprint density at radius 1 is 1.29 bits per heavy atom. The van der Waals surface area contributed by atoms with Crippen LogP contribution in [0.5, 0.6) is 0 Å². The maximum atomic E-state index is 11.1. The molecule has 82 valence electrons. The molecule has 0 aromatic carbocycles. The molecular weight excluding hydrogens is 174 g/mol. The number of carbonyl (C=O) groups is 1. The molecule has 0 atom stereocenters. The molecular formula is C12H23NO. The normalized spacial score (nSPS) is 19.6. The smallest absolute Gasteiger partial charge is 0.133 e. The number of Topliss-reactive ketones (excluding diaryl/α,β-unsaturated/α-hetero) is 1. The topological polar surface area (TPSA) is 20.3 Å². The van der Waals surface area contributed by atoms with Crippen molar-refractivity contribution in [3.8, 4) is 0 Å². The third-order valence-electron chi connectivity index (χ3n) is 3.61. The molecule has 0 radical (unpaired) electrons. The Hall–Kier alpha value is -0.370. The summed E-state index contributed by atoms with van der Waals surface area (Å²) in [5, 5.41) is 0. The average molecular weight is 197 g/mol. The molecule has 0 aromatic rings. The Balaban J connectivity index is 2.43. The Labute approximate surface area is 87.7 Å². The number of nitrogens with zero attached hydrogens (tertiary/aromatic N) is 1. The highest BCUT2D eigenvalue weighted by molar-refractivity contribution is 5.79. The predicted octanol–water partition coefficient (Wildman–Crippen LogP) is 2.62. The average Bonchev–Trinajstić information content (AvgIpc) is 2.20. The second-order valence-corrected chi connectivity index (χ2v) is 4.41. The van der Waals surface area contributed by atoms with Crippen molar-refractivity contribution in [3.05, 3.63) is 0 Å². The van der Waals surface area contributed by atoms with Gasteiger partial charge in [0.2, 0.25) is 0 Å². The highest BCUT2D eigenvalue weighted by atomic mass is 16.1. The fourth-order valence-electron chi connectivity index (χ4n) is 2.49. The van der Waals surface area contributed by atoms with E-state index in [4.69, 9.17) is 0 Å². The molecule has 0 amide bonds. The monoisotopic (exact) mass is 197 g/mol. The van der Waals surface area contributed by atoms with Crippen molar-refractivity contribution >= 4 is 5.78 Å². The van der Waals surface area contributed by atoms with Gasteiger partial charge in [-0.3, -0.25) is 4.79 Å². The zero-order valence-corrected chi connectivity index (χ0v) is 9.75. The standard InChI is InChI=1S/C12H23NO/c1-4-10(5-2)13(3)11-6-8-12(14)9-7-11/h10-11H,4-9H2,1-3H3. The summed E-state index contributed by atoms with van der Waals surface area (Å²) in [6.45, 7) is 4.50. The molecule has 0 saturated heterocycles. The molecule has 0 heterocycles. The summed E-state index contributed by atoms with van der Waals surface area (Å²) in [5.41, 5.74) is 0. The number of rotatable bonds is 4. The molecule has 0 bridgehead atoms. The minimum absolute atomic E-state index is 0.458. The van der Waals surface area contributed by atoms with E-state index >= 15 is 0 Å². The van der Waals surface area contributed by atoms with Crippen LogP contribution < -0.4 is 0 Å². The first-order chi connectivity index (χ1) is 6.69. The van der Waals surface area contributed by atoms with Crippen molar-refractivity contribution < 1.29 is 4.79 Å². The molecule has 2 nitrogen and oxygen atoms in total. The lowest BCUT2D eigenvalue weighted by Gasteiger charge is -2.36. The summed E-state index contributed by atoms with van der Waals surface area (Å²) in [4.78, 5) is 13.6. The Morgan fingerprint density at radius 2 is 1.79 bits per heavy atom. The van der Waals surface area contributed by atoms with Crippen molar-refractivity contribution in [1.82, 2.24) is 4.90 Å². The van der Waals surface area contributed by atoms with Crippen LogP contribution in [0.1, 0.15) is 52.4 Å². The summed E-state index contributed by atoms with van der Waals surface area (Å²) in [7, 11) is 2.22. The van der Waals surface area contributed by atoms with Gasteiger partial charge in [-0.15, -0.1) is 0 Å².